The summed E-state index contributed by atoms with van der Waals surface area (Å²) in [5.74, 6) is 0. The number of aliphatic hydroxyl groups is 1. The average molecular weight is 288 g/mol. The number of aryl methyl sites for hydroxylation is 1. The lowest BCUT2D eigenvalue weighted by Crippen LogP contribution is -2.47. The molecular weight excluding hydrogens is 270 g/mol. The Morgan fingerprint density at radius 2 is 1.75 bits per heavy atom. The van der Waals surface area contributed by atoms with Crippen LogP contribution in [-0.4, -0.2) is 17.3 Å². The fourth-order valence-electron chi connectivity index (χ4n) is 2.93. The second kappa shape index (κ2) is 5.47. The third kappa shape index (κ3) is 2.54. The average Bonchev–Trinajstić information content (AvgIpc) is 2.49. The molecule has 0 fully saturated rings. The van der Waals surface area contributed by atoms with Gasteiger partial charge in [-0.2, -0.15) is 0 Å². The van der Waals surface area contributed by atoms with Gasteiger partial charge in [0.05, 0.1) is 22.9 Å². The molecule has 0 radical (unpaired) electrons. The maximum absolute atomic E-state index is 9.91. The Morgan fingerprint density at radius 1 is 1.05 bits per heavy atom. The summed E-state index contributed by atoms with van der Waals surface area (Å²) in [4.78, 5) is 0. The van der Waals surface area contributed by atoms with Crippen molar-refractivity contribution < 1.29 is 5.11 Å². The third-order valence-electron chi connectivity index (χ3n) is 4.10. The minimum absolute atomic E-state index is 0.104. The zero-order valence-corrected chi connectivity index (χ0v) is 12.0. The second-order valence-corrected chi connectivity index (χ2v) is 5.90. The summed E-state index contributed by atoms with van der Waals surface area (Å²) in [5, 5.41) is 14.1. The Bertz CT molecular complexity index is 613. The van der Waals surface area contributed by atoms with Crippen LogP contribution in [0.5, 0.6) is 0 Å². The smallest absolute Gasteiger partial charge is 0.0664 e. The molecule has 0 heterocycles. The van der Waals surface area contributed by atoms with Crippen molar-refractivity contribution in [2.45, 2.75) is 24.8 Å². The molecule has 0 saturated carbocycles. The van der Waals surface area contributed by atoms with E-state index in [1.54, 1.807) is 0 Å². The summed E-state index contributed by atoms with van der Waals surface area (Å²) in [7, 11) is 0. The molecule has 0 spiro atoms. The van der Waals surface area contributed by atoms with Gasteiger partial charge < -0.3 is 10.4 Å². The van der Waals surface area contributed by atoms with Gasteiger partial charge in [0.1, 0.15) is 0 Å². The fourth-order valence-corrected chi connectivity index (χ4v) is 3.11. The van der Waals surface area contributed by atoms with E-state index in [1.165, 1.54) is 11.1 Å². The molecule has 0 saturated heterocycles. The molecule has 0 amide bonds. The van der Waals surface area contributed by atoms with Crippen LogP contribution in [0.15, 0.2) is 48.5 Å². The molecule has 2 nitrogen and oxygen atoms in total. The molecule has 0 aromatic heterocycles. The molecule has 2 aromatic carbocycles. The van der Waals surface area contributed by atoms with E-state index in [4.69, 9.17) is 11.6 Å². The van der Waals surface area contributed by atoms with Gasteiger partial charge in [0.2, 0.25) is 0 Å². The first kappa shape index (κ1) is 13.5. The molecule has 3 rings (SSSR count). The summed E-state index contributed by atoms with van der Waals surface area (Å²) in [6.45, 7) is 0.104. The van der Waals surface area contributed by atoms with Crippen molar-refractivity contribution in [2.24, 2.45) is 0 Å². The standard InChI is InChI=1S/C17H18ClNO/c18-15-7-3-4-8-16(15)19-17(12-20)10-9-13-5-1-2-6-14(13)11-17/h1-8,19-20H,9-12H2. The second-order valence-electron chi connectivity index (χ2n) is 5.49. The monoisotopic (exact) mass is 287 g/mol. The molecule has 1 atom stereocenters. The van der Waals surface area contributed by atoms with Crippen molar-refractivity contribution in [1.29, 1.82) is 0 Å². The molecule has 1 aliphatic carbocycles. The highest BCUT2D eigenvalue weighted by Crippen LogP contribution is 2.33. The number of hydrogen-bond donors (Lipinski definition) is 2. The largest absolute Gasteiger partial charge is 0.394 e. The van der Waals surface area contributed by atoms with Crippen LogP contribution >= 0.6 is 11.6 Å². The van der Waals surface area contributed by atoms with Gasteiger partial charge in [-0.3, -0.25) is 0 Å². The van der Waals surface area contributed by atoms with Gasteiger partial charge in [0, 0.05) is 0 Å². The van der Waals surface area contributed by atoms with Crippen molar-refractivity contribution in [3.05, 3.63) is 64.7 Å². The van der Waals surface area contributed by atoms with Gasteiger partial charge >= 0.3 is 0 Å². The fraction of sp³-hybridized carbons (Fsp3) is 0.294. The third-order valence-corrected chi connectivity index (χ3v) is 4.43. The Morgan fingerprint density at radius 3 is 2.50 bits per heavy atom. The van der Waals surface area contributed by atoms with Crippen LogP contribution in [0.25, 0.3) is 0 Å². The van der Waals surface area contributed by atoms with Gasteiger partial charge in [0.25, 0.3) is 0 Å². The maximum atomic E-state index is 9.91. The maximum Gasteiger partial charge on any atom is 0.0664 e. The summed E-state index contributed by atoms with van der Waals surface area (Å²) in [5.41, 5.74) is 3.27. The molecule has 3 heteroatoms. The van der Waals surface area contributed by atoms with E-state index < -0.39 is 0 Å². The SMILES string of the molecule is OCC1(Nc2ccccc2Cl)CCc2ccccc2C1. The molecule has 0 bridgehead atoms. The van der Waals surface area contributed by atoms with Crippen LogP contribution in [-0.2, 0) is 12.8 Å². The summed E-state index contributed by atoms with van der Waals surface area (Å²) < 4.78 is 0. The lowest BCUT2D eigenvalue weighted by Gasteiger charge is -2.38. The van der Waals surface area contributed by atoms with Gasteiger partial charge in [0.15, 0.2) is 0 Å². The van der Waals surface area contributed by atoms with Crippen molar-refractivity contribution in [1.82, 2.24) is 0 Å². The normalized spacial score (nSPS) is 21.3. The first-order valence-electron chi connectivity index (χ1n) is 6.93. The van der Waals surface area contributed by atoms with E-state index in [9.17, 15) is 5.11 Å². The van der Waals surface area contributed by atoms with Crippen LogP contribution in [0.3, 0.4) is 0 Å². The highest BCUT2D eigenvalue weighted by Gasteiger charge is 2.34. The minimum Gasteiger partial charge on any atom is -0.394 e. The Balaban J connectivity index is 1.89. The zero-order chi connectivity index (χ0) is 14.0. The van der Waals surface area contributed by atoms with Crippen LogP contribution < -0.4 is 5.32 Å². The van der Waals surface area contributed by atoms with Crippen molar-refractivity contribution >= 4 is 17.3 Å². The van der Waals surface area contributed by atoms with Gasteiger partial charge in [-0.15, -0.1) is 0 Å². The van der Waals surface area contributed by atoms with Crippen LogP contribution in [0.2, 0.25) is 5.02 Å². The van der Waals surface area contributed by atoms with Crippen molar-refractivity contribution in [3.63, 3.8) is 0 Å². The number of hydrogen-bond acceptors (Lipinski definition) is 2. The summed E-state index contributed by atoms with van der Waals surface area (Å²) >= 11 is 6.22. The number of rotatable bonds is 3. The van der Waals surface area contributed by atoms with Crippen LogP contribution in [0, 0.1) is 0 Å². The van der Waals surface area contributed by atoms with Crippen LogP contribution in [0.1, 0.15) is 17.5 Å². The van der Waals surface area contributed by atoms with Gasteiger partial charge in [-0.1, -0.05) is 48.0 Å². The summed E-state index contributed by atoms with van der Waals surface area (Å²) in [6.07, 6.45) is 2.71. The van der Waals surface area contributed by atoms with E-state index in [0.717, 1.165) is 24.9 Å². The topological polar surface area (TPSA) is 32.3 Å². The molecule has 2 aromatic rings. The number of aliphatic hydroxyl groups excluding tert-OH is 1. The first-order chi connectivity index (χ1) is 9.72. The highest BCUT2D eigenvalue weighted by molar-refractivity contribution is 6.33. The van der Waals surface area contributed by atoms with Gasteiger partial charge in [-0.05, 0) is 42.5 Å². The molecule has 1 aliphatic rings. The van der Waals surface area contributed by atoms with E-state index >= 15 is 0 Å². The number of nitrogens with one attached hydrogen (secondary N) is 1. The Labute approximate surface area is 124 Å². The van der Waals surface area contributed by atoms with Crippen molar-refractivity contribution in [2.75, 3.05) is 11.9 Å². The van der Waals surface area contributed by atoms with E-state index in [1.807, 2.05) is 24.3 Å². The number of para-hydroxylation sites is 1. The number of halogens is 1. The lowest BCUT2D eigenvalue weighted by molar-refractivity contribution is 0.196. The molecule has 1 unspecified atom stereocenters. The molecule has 2 N–H and O–H groups in total. The molecule has 0 aliphatic heterocycles. The lowest BCUT2D eigenvalue weighted by atomic mass is 9.78. The van der Waals surface area contributed by atoms with E-state index in [0.29, 0.717) is 5.02 Å². The van der Waals surface area contributed by atoms with Crippen LogP contribution in [0.4, 0.5) is 5.69 Å². The first-order valence-corrected chi connectivity index (χ1v) is 7.31. The minimum atomic E-state index is -0.320. The quantitative estimate of drug-likeness (QED) is 0.903. The predicted molar refractivity (Wildman–Crippen MR) is 83.4 cm³/mol. The number of benzene rings is 2. The number of anilines is 1. The highest BCUT2D eigenvalue weighted by atomic mass is 35.5. The van der Waals surface area contributed by atoms with E-state index in [2.05, 4.69) is 29.6 Å². The molecular formula is C17H18ClNO. The zero-order valence-electron chi connectivity index (χ0n) is 11.3. The predicted octanol–water partition coefficient (Wildman–Crippen LogP) is 3.67. The van der Waals surface area contributed by atoms with Crippen molar-refractivity contribution in [3.8, 4) is 0 Å². The Hall–Kier alpha value is -1.51. The molecule has 20 heavy (non-hydrogen) atoms. The van der Waals surface area contributed by atoms with Gasteiger partial charge in [-0.25, -0.2) is 0 Å². The number of fused-ring (bicyclic) bond motifs is 1. The van der Waals surface area contributed by atoms with E-state index in [-0.39, 0.29) is 12.1 Å². The Kier molecular flexibility index (Phi) is 3.68. The summed E-state index contributed by atoms with van der Waals surface area (Å²) in [6, 6.07) is 16.1. The molecule has 104 valence electrons.